The van der Waals surface area contributed by atoms with Crippen molar-refractivity contribution in [2.75, 3.05) is 13.2 Å². The van der Waals surface area contributed by atoms with Gasteiger partial charge < -0.3 is 15.2 Å². The molecule has 1 aliphatic rings. The second-order valence-corrected chi connectivity index (χ2v) is 6.50. The normalized spacial score (nSPS) is 20.3. The maximum Gasteiger partial charge on any atom is 0.129 e. The number of hydrogen-bond acceptors (Lipinski definition) is 3. The molecule has 2 atom stereocenters. The molecule has 3 nitrogen and oxygen atoms in total. The Morgan fingerprint density at radius 2 is 1.87 bits per heavy atom. The van der Waals surface area contributed by atoms with Crippen LogP contribution in [-0.2, 0) is 11.2 Å². The zero-order chi connectivity index (χ0) is 15.8. The van der Waals surface area contributed by atoms with E-state index in [1.165, 1.54) is 24.0 Å². The number of carbonyl (C=O) groups excluding carboxylic acids is 1. The Bertz CT molecular complexity index is 461. The van der Waals surface area contributed by atoms with E-state index in [1.807, 2.05) is 0 Å². The van der Waals surface area contributed by atoms with Gasteiger partial charge in [0, 0.05) is 18.4 Å². The summed E-state index contributed by atoms with van der Waals surface area (Å²) in [5.41, 5.74) is 2.73. The first-order valence-electron chi connectivity index (χ1n) is 8.63. The van der Waals surface area contributed by atoms with Crippen LogP contribution >= 0.6 is 12.4 Å². The third-order valence-electron chi connectivity index (χ3n) is 4.70. The maximum absolute atomic E-state index is 10.9. The molecule has 23 heavy (non-hydrogen) atoms. The van der Waals surface area contributed by atoms with Gasteiger partial charge in [-0.15, -0.1) is 12.4 Å². The van der Waals surface area contributed by atoms with E-state index in [4.69, 9.17) is 0 Å². The molecule has 0 radical (unpaired) electrons. The molecule has 0 spiro atoms. The lowest BCUT2D eigenvalue weighted by atomic mass is 9.91. The Balaban J connectivity index is 0.00000264. The lowest BCUT2D eigenvalue weighted by Gasteiger charge is -2.17. The first-order valence-corrected chi connectivity index (χ1v) is 8.63. The van der Waals surface area contributed by atoms with Crippen molar-refractivity contribution < 1.29 is 9.90 Å². The van der Waals surface area contributed by atoms with Gasteiger partial charge in [0.15, 0.2) is 0 Å². The number of ketones is 1. The quantitative estimate of drug-likeness (QED) is 0.675. The zero-order valence-electron chi connectivity index (χ0n) is 14.1. The molecule has 0 amide bonds. The second kappa shape index (κ2) is 10.8. The average Bonchev–Trinajstić information content (AvgIpc) is 2.99. The number of halogens is 1. The number of benzene rings is 1. The number of rotatable bonds is 9. The number of aliphatic hydroxyl groups excluding tert-OH is 1. The van der Waals surface area contributed by atoms with E-state index in [0.29, 0.717) is 11.7 Å². The van der Waals surface area contributed by atoms with Crippen molar-refractivity contribution in [3.8, 4) is 0 Å². The van der Waals surface area contributed by atoms with Gasteiger partial charge >= 0.3 is 0 Å². The van der Waals surface area contributed by atoms with Crippen molar-refractivity contribution in [3.63, 3.8) is 0 Å². The van der Waals surface area contributed by atoms with Crippen LogP contribution in [0.5, 0.6) is 0 Å². The van der Waals surface area contributed by atoms with E-state index in [-0.39, 0.29) is 25.1 Å². The van der Waals surface area contributed by atoms with E-state index < -0.39 is 0 Å². The van der Waals surface area contributed by atoms with Crippen LogP contribution < -0.4 is 5.32 Å². The number of unbranched alkanes of at least 4 members (excludes halogenated alkanes) is 3. The van der Waals surface area contributed by atoms with Gasteiger partial charge in [-0.2, -0.15) is 0 Å². The maximum atomic E-state index is 10.9. The summed E-state index contributed by atoms with van der Waals surface area (Å²) in [6.07, 6.45) is 7.55. The molecular weight excluding hydrogens is 310 g/mol. The van der Waals surface area contributed by atoms with Crippen LogP contribution in [0.25, 0.3) is 0 Å². The molecule has 130 valence electrons. The summed E-state index contributed by atoms with van der Waals surface area (Å²) >= 11 is 0. The van der Waals surface area contributed by atoms with Gasteiger partial charge in [-0.3, -0.25) is 0 Å². The summed E-state index contributed by atoms with van der Waals surface area (Å²) in [7, 11) is 0. The molecule has 0 unspecified atom stereocenters. The van der Waals surface area contributed by atoms with Crippen molar-refractivity contribution in [2.24, 2.45) is 0 Å². The van der Waals surface area contributed by atoms with Gasteiger partial charge in [0.1, 0.15) is 5.78 Å². The Labute approximate surface area is 146 Å². The fourth-order valence-electron chi connectivity index (χ4n) is 3.35. The molecule has 1 heterocycles. The number of carbonyl (C=O) groups is 1. The summed E-state index contributed by atoms with van der Waals surface area (Å²) < 4.78 is 0. The highest BCUT2D eigenvalue weighted by Crippen LogP contribution is 2.27. The largest absolute Gasteiger partial charge is 0.395 e. The number of hydrogen-bond donors (Lipinski definition) is 2. The Morgan fingerprint density at radius 3 is 2.52 bits per heavy atom. The number of aryl methyl sites for hydroxylation is 1. The molecule has 1 aromatic carbocycles. The Hall–Kier alpha value is -0.900. The van der Waals surface area contributed by atoms with Crippen molar-refractivity contribution in [1.82, 2.24) is 5.32 Å². The van der Waals surface area contributed by atoms with E-state index in [1.54, 1.807) is 6.92 Å². The predicted octanol–water partition coefficient (Wildman–Crippen LogP) is 3.63. The minimum absolute atomic E-state index is 0. The molecule has 0 aromatic heterocycles. The van der Waals surface area contributed by atoms with Crippen molar-refractivity contribution >= 4 is 18.2 Å². The monoisotopic (exact) mass is 339 g/mol. The summed E-state index contributed by atoms with van der Waals surface area (Å²) in [5.74, 6) is 0.754. The van der Waals surface area contributed by atoms with Crippen LogP contribution in [0.1, 0.15) is 62.5 Å². The minimum Gasteiger partial charge on any atom is -0.395 e. The van der Waals surface area contributed by atoms with Gasteiger partial charge in [-0.25, -0.2) is 0 Å². The van der Waals surface area contributed by atoms with Gasteiger partial charge in [-0.1, -0.05) is 37.1 Å². The van der Waals surface area contributed by atoms with Crippen LogP contribution in [-0.4, -0.2) is 30.1 Å². The Morgan fingerprint density at radius 1 is 1.17 bits per heavy atom. The molecule has 2 rings (SSSR count). The number of Topliss-reactive ketones (excluding diaryl/α,β-unsaturated/α-hetero) is 1. The van der Waals surface area contributed by atoms with Gasteiger partial charge in [0.25, 0.3) is 0 Å². The molecule has 0 saturated carbocycles. The number of nitrogens with one attached hydrogen (secondary N) is 1. The molecular formula is C19H30ClNO2. The van der Waals surface area contributed by atoms with Crippen LogP contribution in [0.2, 0.25) is 0 Å². The fourth-order valence-corrected chi connectivity index (χ4v) is 3.35. The van der Waals surface area contributed by atoms with Crippen LogP contribution in [0.3, 0.4) is 0 Å². The first kappa shape index (κ1) is 20.1. The fraction of sp³-hybridized carbons (Fsp3) is 0.632. The van der Waals surface area contributed by atoms with Crippen LogP contribution in [0, 0.1) is 0 Å². The average molecular weight is 340 g/mol. The standard InChI is InChI=1S/C19H29NO2.ClH/c1-15(22)6-4-2-3-5-7-16-8-10-17(11-9-16)18-12-13-20-19(18)14-21;/h8-11,18-21H,2-7,12-14H2,1H3;1H/t18-,19-;/m1./s1. The van der Waals surface area contributed by atoms with Gasteiger partial charge in [0.05, 0.1) is 6.61 Å². The highest BCUT2D eigenvalue weighted by Gasteiger charge is 2.27. The second-order valence-electron chi connectivity index (χ2n) is 6.50. The van der Waals surface area contributed by atoms with Crippen molar-refractivity contribution in [2.45, 2.75) is 63.8 Å². The zero-order valence-corrected chi connectivity index (χ0v) is 14.9. The minimum atomic E-state index is 0. The van der Waals surface area contributed by atoms with Gasteiger partial charge in [-0.05, 0) is 50.3 Å². The molecule has 0 bridgehead atoms. The lowest BCUT2D eigenvalue weighted by molar-refractivity contribution is -0.117. The van der Waals surface area contributed by atoms with E-state index in [2.05, 4.69) is 29.6 Å². The highest BCUT2D eigenvalue weighted by molar-refractivity contribution is 5.85. The molecule has 2 N–H and O–H groups in total. The molecule has 1 aromatic rings. The molecule has 1 saturated heterocycles. The van der Waals surface area contributed by atoms with Crippen molar-refractivity contribution in [3.05, 3.63) is 35.4 Å². The highest BCUT2D eigenvalue weighted by atomic mass is 35.5. The summed E-state index contributed by atoms with van der Waals surface area (Å²) in [6, 6.07) is 9.14. The summed E-state index contributed by atoms with van der Waals surface area (Å²) in [4.78, 5) is 10.9. The van der Waals surface area contributed by atoms with Crippen LogP contribution in [0.15, 0.2) is 24.3 Å². The summed E-state index contributed by atoms with van der Waals surface area (Å²) in [6.45, 7) is 2.88. The van der Waals surface area contributed by atoms with Crippen LogP contribution in [0.4, 0.5) is 0 Å². The Kier molecular flexibility index (Phi) is 9.46. The third-order valence-corrected chi connectivity index (χ3v) is 4.70. The molecule has 1 fully saturated rings. The third kappa shape index (κ3) is 6.62. The molecule has 1 aliphatic heterocycles. The molecule has 0 aliphatic carbocycles. The SMILES string of the molecule is CC(=O)CCCCCCc1ccc([C@H]2CCN[C@@H]2CO)cc1.Cl. The van der Waals surface area contributed by atoms with Gasteiger partial charge in [0.2, 0.25) is 0 Å². The predicted molar refractivity (Wildman–Crippen MR) is 97.4 cm³/mol. The summed E-state index contributed by atoms with van der Waals surface area (Å²) in [5, 5.41) is 12.7. The van der Waals surface area contributed by atoms with E-state index >= 15 is 0 Å². The lowest BCUT2D eigenvalue weighted by Crippen LogP contribution is -2.29. The smallest absolute Gasteiger partial charge is 0.129 e. The van der Waals surface area contributed by atoms with E-state index in [9.17, 15) is 9.90 Å². The number of aliphatic hydroxyl groups is 1. The van der Waals surface area contributed by atoms with Crippen molar-refractivity contribution in [1.29, 1.82) is 0 Å². The van der Waals surface area contributed by atoms with E-state index in [0.717, 1.165) is 38.6 Å². The first-order chi connectivity index (χ1) is 10.7. The topological polar surface area (TPSA) is 49.3 Å². The molecule has 4 heteroatoms.